The molecule has 78 valence electrons. The molecule has 0 saturated carbocycles. The van der Waals surface area contributed by atoms with Crippen LogP contribution in [0.5, 0.6) is 0 Å². The molecule has 0 N–H and O–H groups in total. The van der Waals surface area contributed by atoms with Gasteiger partial charge in [0.05, 0.1) is 11.7 Å². The summed E-state index contributed by atoms with van der Waals surface area (Å²) in [6, 6.07) is 2.79. The van der Waals surface area contributed by atoms with Gasteiger partial charge >= 0.3 is 0 Å². The van der Waals surface area contributed by atoms with Gasteiger partial charge in [-0.2, -0.15) is 5.10 Å². The van der Waals surface area contributed by atoms with Crippen molar-refractivity contribution in [2.75, 3.05) is 13.1 Å². The molecule has 1 aromatic rings. The fourth-order valence-electron chi connectivity index (χ4n) is 2.29. The Hall–Kier alpha value is -0.830. The minimum atomic E-state index is 0.569. The molecule has 3 nitrogen and oxygen atoms in total. The molecule has 2 heterocycles. The molecule has 14 heavy (non-hydrogen) atoms. The molecule has 3 heteroatoms. The summed E-state index contributed by atoms with van der Waals surface area (Å²) >= 11 is 0. The zero-order chi connectivity index (χ0) is 10.1. The number of aryl methyl sites for hydroxylation is 2. The van der Waals surface area contributed by atoms with Crippen LogP contribution < -0.4 is 0 Å². The van der Waals surface area contributed by atoms with Crippen molar-refractivity contribution >= 4 is 0 Å². The predicted molar refractivity (Wildman–Crippen MR) is 57.2 cm³/mol. The number of likely N-dealkylation sites (tertiary alicyclic amines) is 1. The zero-order valence-electron chi connectivity index (χ0n) is 9.32. The fraction of sp³-hybridized carbons (Fsp3) is 0.727. The third-order valence-electron chi connectivity index (χ3n) is 3.24. The van der Waals surface area contributed by atoms with Crippen LogP contribution in [0.25, 0.3) is 0 Å². The highest BCUT2D eigenvalue weighted by molar-refractivity contribution is 5.13. The fourth-order valence-corrected chi connectivity index (χ4v) is 2.29. The van der Waals surface area contributed by atoms with Gasteiger partial charge in [0.1, 0.15) is 0 Å². The minimum Gasteiger partial charge on any atom is -0.295 e. The third kappa shape index (κ3) is 1.57. The van der Waals surface area contributed by atoms with E-state index in [0.29, 0.717) is 6.04 Å². The van der Waals surface area contributed by atoms with Crippen molar-refractivity contribution in [2.45, 2.75) is 32.7 Å². The Morgan fingerprint density at radius 1 is 1.57 bits per heavy atom. The lowest BCUT2D eigenvalue weighted by atomic mass is 10.1. The number of hydrogen-bond acceptors (Lipinski definition) is 2. The van der Waals surface area contributed by atoms with E-state index in [1.54, 1.807) is 0 Å². The summed E-state index contributed by atoms with van der Waals surface area (Å²) in [5, 5.41) is 4.57. The van der Waals surface area contributed by atoms with Crippen molar-refractivity contribution in [2.24, 2.45) is 7.05 Å². The van der Waals surface area contributed by atoms with Crippen LogP contribution in [0.3, 0.4) is 0 Å². The summed E-state index contributed by atoms with van der Waals surface area (Å²) in [5.74, 6) is 0. The largest absolute Gasteiger partial charge is 0.295 e. The van der Waals surface area contributed by atoms with Crippen LogP contribution >= 0.6 is 0 Å². The molecule has 1 saturated heterocycles. The Labute approximate surface area is 85.7 Å². The Bertz CT molecular complexity index is 297. The highest BCUT2D eigenvalue weighted by Crippen LogP contribution is 2.30. The van der Waals surface area contributed by atoms with Crippen molar-refractivity contribution in [3.05, 3.63) is 17.5 Å². The van der Waals surface area contributed by atoms with Crippen LogP contribution in [0.4, 0.5) is 0 Å². The van der Waals surface area contributed by atoms with Crippen molar-refractivity contribution < 1.29 is 0 Å². The molecule has 1 aliphatic heterocycles. The molecule has 1 aliphatic rings. The molecule has 0 spiro atoms. The SMILES string of the molecule is CCN1CCCC1c1cc(C)n(C)n1. The lowest BCUT2D eigenvalue weighted by molar-refractivity contribution is 0.266. The van der Waals surface area contributed by atoms with E-state index >= 15 is 0 Å². The van der Waals surface area contributed by atoms with E-state index < -0.39 is 0 Å². The highest BCUT2D eigenvalue weighted by atomic mass is 15.3. The second kappa shape index (κ2) is 3.73. The second-order valence-electron chi connectivity index (χ2n) is 4.12. The number of hydrogen-bond donors (Lipinski definition) is 0. The first-order chi connectivity index (χ1) is 6.72. The van der Waals surface area contributed by atoms with Crippen molar-refractivity contribution in [3.63, 3.8) is 0 Å². The quantitative estimate of drug-likeness (QED) is 0.715. The first-order valence-electron chi connectivity index (χ1n) is 5.47. The average molecular weight is 193 g/mol. The molecule has 2 rings (SSSR count). The van der Waals surface area contributed by atoms with Gasteiger partial charge in [0.15, 0.2) is 0 Å². The molecule has 1 atom stereocenters. The van der Waals surface area contributed by atoms with Crippen LogP contribution in [0.2, 0.25) is 0 Å². The van der Waals surface area contributed by atoms with Crippen LogP contribution in [-0.2, 0) is 7.05 Å². The first-order valence-corrected chi connectivity index (χ1v) is 5.47. The van der Waals surface area contributed by atoms with E-state index in [1.165, 1.54) is 30.8 Å². The smallest absolute Gasteiger partial charge is 0.0798 e. The molecule has 0 aromatic carbocycles. The first kappa shape index (κ1) is 9.71. The number of rotatable bonds is 2. The van der Waals surface area contributed by atoms with Gasteiger partial charge in [-0.25, -0.2) is 0 Å². The summed E-state index contributed by atoms with van der Waals surface area (Å²) in [4.78, 5) is 2.52. The summed E-state index contributed by atoms with van der Waals surface area (Å²) in [6.45, 7) is 6.72. The van der Waals surface area contributed by atoms with Gasteiger partial charge in [-0.05, 0) is 38.9 Å². The van der Waals surface area contributed by atoms with Crippen molar-refractivity contribution in [3.8, 4) is 0 Å². The van der Waals surface area contributed by atoms with E-state index in [1.807, 2.05) is 11.7 Å². The lowest BCUT2D eigenvalue weighted by Gasteiger charge is -2.20. The van der Waals surface area contributed by atoms with E-state index in [0.717, 1.165) is 6.54 Å². The molecule has 0 amide bonds. The third-order valence-corrected chi connectivity index (χ3v) is 3.24. The minimum absolute atomic E-state index is 0.569. The highest BCUT2D eigenvalue weighted by Gasteiger charge is 2.26. The summed E-state index contributed by atoms with van der Waals surface area (Å²) in [6.07, 6.45) is 2.58. The van der Waals surface area contributed by atoms with Crippen molar-refractivity contribution in [1.82, 2.24) is 14.7 Å². The number of aromatic nitrogens is 2. The van der Waals surface area contributed by atoms with Gasteiger partial charge in [0, 0.05) is 12.7 Å². The summed E-state index contributed by atoms with van der Waals surface area (Å²) in [7, 11) is 2.02. The Kier molecular flexibility index (Phi) is 2.59. The average Bonchev–Trinajstić information content (AvgIpc) is 2.73. The normalized spacial score (nSPS) is 23.2. The monoisotopic (exact) mass is 193 g/mol. The van der Waals surface area contributed by atoms with Gasteiger partial charge in [0.2, 0.25) is 0 Å². The van der Waals surface area contributed by atoms with Crippen LogP contribution in [0.1, 0.15) is 37.2 Å². The van der Waals surface area contributed by atoms with Gasteiger partial charge in [-0.3, -0.25) is 9.58 Å². The molecule has 1 fully saturated rings. The van der Waals surface area contributed by atoms with Gasteiger partial charge < -0.3 is 0 Å². The zero-order valence-corrected chi connectivity index (χ0v) is 9.32. The van der Waals surface area contributed by atoms with Gasteiger partial charge in [-0.15, -0.1) is 0 Å². The lowest BCUT2D eigenvalue weighted by Crippen LogP contribution is -2.23. The van der Waals surface area contributed by atoms with Crippen LogP contribution in [0.15, 0.2) is 6.07 Å². The van der Waals surface area contributed by atoms with Crippen molar-refractivity contribution in [1.29, 1.82) is 0 Å². The summed E-state index contributed by atoms with van der Waals surface area (Å²) < 4.78 is 1.97. The van der Waals surface area contributed by atoms with E-state index in [9.17, 15) is 0 Å². The van der Waals surface area contributed by atoms with Gasteiger partial charge in [-0.1, -0.05) is 6.92 Å². The maximum absolute atomic E-state index is 4.57. The molecule has 1 unspecified atom stereocenters. The Morgan fingerprint density at radius 2 is 2.36 bits per heavy atom. The Balaban J connectivity index is 2.21. The van der Waals surface area contributed by atoms with Crippen LogP contribution in [0, 0.1) is 6.92 Å². The molecular weight excluding hydrogens is 174 g/mol. The summed E-state index contributed by atoms with van der Waals surface area (Å²) in [5.41, 5.74) is 2.51. The standard InChI is InChI=1S/C11H19N3/c1-4-14-7-5-6-11(14)10-8-9(2)13(3)12-10/h8,11H,4-7H2,1-3H3. The Morgan fingerprint density at radius 3 is 2.93 bits per heavy atom. The number of nitrogens with zero attached hydrogens (tertiary/aromatic N) is 3. The topological polar surface area (TPSA) is 21.1 Å². The van der Waals surface area contributed by atoms with E-state index in [4.69, 9.17) is 0 Å². The van der Waals surface area contributed by atoms with Gasteiger partial charge in [0.25, 0.3) is 0 Å². The second-order valence-corrected chi connectivity index (χ2v) is 4.12. The molecule has 0 radical (unpaired) electrons. The molecular formula is C11H19N3. The molecule has 0 bridgehead atoms. The predicted octanol–water partition coefficient (Wildman–Crippen LogP) is 1.89. The maximum atomic E-state index is 4.57. The molecule has 1 aromatic heterocycles. The van der Waals surface area contributed by atoms with Crippen LogP contribution in [-0.4, -0.2) is 27.8 Å². The van der Waals surface area contributed by atoms with E-state index in [-0.39, 0.29) is 0 Å². The maximum Gasteiger partial charge on any atom is 0.0798 e. The molecule has 0 aliphatic carbocycles. The van der Waals surface area contributed by atoms with E-state index in [2.05, 4.69) is 29.9 Å².